The van der Waals surface area contributed by atoms with Crippen molar-refractivity contribution in [2.75, 3.05) is 0 Å². The van der Waals surface area contributed by atoms with E-state index in [0.717, 1.165) is 0 Å². The number of pyridine rings is 5. The Labute approximate surface area is 507 Å². The van der Waals surface area contributed by atoms with Gasteiger partial charge in [0.05, 0.1) is 0 Å². The molecule has 0 radical (unpaired) electrons. The lowest BCUT2D eigenvalue weighted by molar-refractivity contribution is -0.660. The van der Waals surface area contributed by atoms with Gasteiger partial charge in [-0.1, -0.05) is 47.0 Å². The number of hydrogen-bond acceptors (Lipinski definition) is 0. The molecule has 0 bridgehead atoms. The number of benzene rings is 5. The Bertz CT molecular complexity index is 4000. The van der Waals surface area contributed by atoms with Gasteiger partial charge in [0.25, 0.3) is 0 Å². The molecule has 5 heteroatoms. The van der Waals surface area contributed by atoms with Gasteiger partial charge in [-0.15, -0.1) is 0 Å². The second kappa shape index (κ2) is 28.4. The summed E-state index contributed by atoms with van der Waals surface area (Å²) >= 11 is 0. The molecule has 0 N–H and O–H groups in total. The van der Waals surface area contributed by atoms with Gasteiger partial charge >= 0.3 is 0 Å². The van der Waals surface area contributed by atoms with Crippen LogP contribution in [-0.2, 0) is 35.2 Å². The third-order valence-corrected chi connectivity index (χ3v) is 16.9. The van der Waals surface area contributed by atoms with Crippen LogP contribution < -0.4 is 22.8 Å². The summed E-state index contributed by atoms with van der Waals surface area (Å²) < 4.78 is 11.0. The molecule has 0 spiro atoms. The highest BCUT2D eigenvalue weighted by Gasteiger charge is 2.19. The first-order valence-corrected chi connectivity index (χ1v) is 29.8. The van der Waals surface area contributed by atoms with Crippen LogP contribution in [0.5, 0.6) is 0 Å². The molecule has 0 aliphatic carbocycles. The lowest BCUT2D eigenvalue weighted by Gasteiger charge is -2.10. The maximum absolute atomic E-state index is 2.29. The molecule has 0 amide bonds. The molecule has 0 unspecified atom stereocenters. The molecule has 10 rings (SSSR count). The third-order valence-electron chi connectivity index (χ3n) is 16.9. The molecule has 434 valence electrons. The fraction of sp³-hybridized carbons (Fsp3) is 0.304. The molecule has 0 saturated heterocycles. The molecule has 84 heavy (non-hydrogen) atoms. The van der Waals surface area contributed by atoms with Crippen LogP contribution in [0.2, 0.25) is 0 Å². The van der Waals surface area contributed by atoms with E-state index in [9.17, 15) is 0 Å². The van der Waals surface area contributed by atoms with Crippen molar-refractivity contribution in [1.82, 2.24) is 0 Å². The number of aromatic nitrogens is 5. The summed E-state index contributed by atoms with van der Waals surface area (Å²) in [6.45, 7) is 41.2. The summed E-state index contributed by atoms with van der Waals surface area (Å²) in [7, 11) is 10.5. The highest BCUT2D eigenvalue weighted by atomic mass is 14.9. The maximum atomic E-state index is 2.29. The molecule has 0 aliphatic heterocycles. The molecule has 0 atom stereocenters. The van der Waals surface area contributed by atoms with Crippen LogP contribution >= 0.6 is 0 Å². The lowest BCUT2D eigenvalue weighted by atomic mass is 9.96. The highest BCUT2D eigenvalue weighted by Crippen LogP contribution is 2.29. The van der Waals surface area contributed by atoms with Crippen molar-refractivity contribution in [3.05, 3.63) is 264 Å². The highest BCUT2D eigenvalue weighted by molar-refractivity contribution is 5.67. The van der Waals surface area contributed by atoms with Crippen molar-refractivity contribution in [3.63, 3.8) is 0 Å². The Balaban J connectivity index is 0.000000168. The van der Waals surface area contributed by atoms with Gasteiger partial charge in [0, 0.05) is 87.0 Å². The van der Waals surface area contributed by atoms with Crippen LogP contribution in [0.4, 0.5) is 0 Å². The van der Waals surface area contributed by atoms with E-state index < -0.39 is 0 Å². The zero-order valence-electron chi connectivity index (χ0n) is 55.7. The minimum absolute atomic E-state index is 1.27. The Morgan fingerprint density at radius 2 is 0.512 bits per heavy atom. The van der Waals surface area contributed by atoms with E-state index in [-0.39, 0.29) is 0 Å². The van der Waals surface area contributed by atoms with Crippen molar-refractivity contribution in [2.24, 2.45) is 35.2 Å². The standard InChI is InChI=1S/C17H22N.2C16H20N.2C15H18N/c1-11-7-13(3)15(5)16(8-11)17-9-12(2)14(4)10-18(17)6;1-11-6-7-16(17(5)10-11)15-9-13(3)12(2)8-14(15)4;1-11-6-7-16(17(5)10-11)15-9-12(2)8-13(3)14(15)4;1-11-9-13(3)14(10-12(11)2)15-7-5-6-8-16(15)4;1-11-9-12(2)13(3)14(10-11)15-7-5-6-8-16(15)4/h7-10H,1-6H3;2*6-10H,1-5H3;2*5-10H,1-4H3/q5*+1. The topological polar surface area (TPSA) is 19.4 Å². The Morgan fingerprint density at radius 1 is 0.202 bits per heavy atom. The number of nitrogens with zero attached hydrogens (tertiary/aromatic N) is 5. The molecule has 0 aliphatic rings. The zero-order chi connectivity index (χ0) is 62.0. The fourth-order valence-electron chi connectivity index (χ4n) is 11.2. The van der Waals surface area contributed by atoms with E-state index in [4.69, 9.17) is 0 Å². The van der Waals surface area contributed by atoms with E-state index in [1.165, 1.54) is 162 Å². The fourth-order valence-corrected chi connectivity index (χ4v) is 11.2. The van der Waals surface area contributed by atoms with Gasteiger partial charge in [0.15, 0.2) is 31.0 Å². The normalized spacial score (nSPS) is 10.6. The Morgan fingerprint density at radius 3 is 0.881 bits per heavy atom. The molecule has 5 nitrogen and oxygen atoms in total. The van der Waals surface area contributed by atoms with Crippen LogP contribution in [0.25, 0.3) is 56.3 Å². The van der Waals surface area contributed by atoms with Crippen molar-refractivity contribution in [2.45, 2.75) is 132 Å². The lowest BCUT2D eigenvalue weighted by Crippen LogP contribution is -2.31. The number of aryl methyl sites for hydroxylation is 21. The minimum Gasteiger partial charge on any atom is -0.201 e. The first-order valence-electron chi connectivity index (χ1n) is 29.8. The van der Waals surface area contributed by atoms with Crippen LogP contribution in [0.15, 0.2) is 158 Å². The molecular formula is C79H98N5+5. The largest absolute Gasteiger partial charge is 0.212 e. The van der Waals surface area contributed by atoms with Crippen LogP contribution in [0, 0.1) is 132 Å². The summed E-state index contributed by atoms with van der Waals surface area (Å²) in [4.78, 5) is 0. The summed E-state index contributed by atoms with van der Waals surface area (Å²) in [5.74, 6) is 0. The first kappa shape index (κ1) is 65.0. The van der Waals surface area contributed by atoms with E-state index in [0.29, 0.717) is 0 Å². The molecular weight excluding hydrogens is 1020 g/mol. The average molecular weight is 1120 g/mol. The number of rotatable bonds is 5. The monoisotopic (exact) mass is 1120 g/mol. The predicted octanol–water partition coefficient (Wildman–Crippen LogP) is 16.8. The zero-order valence-corrected chi connectivity index (χ0v) is 55.7. The average Bonchev–Trinajstić information content (AvgIpc) is 3.15. The van der Waals surface area contributed by atoms with Crippen LogP contribution in [0.1, 0.15) is 106 Å². The second-order valence-corrected chi connectivity index (χ2v) is 24.2. The van der Waals surface area contributed by atoms with Gasteiger partial charge in [0.1, 0.15) is 35.2 Å². The van der Waals surface area contributed by atoms with E-state index >= 15 is 0 Å². The molecule has 0 saturated carbocycles. The van der Waals surface area contributed by atoms with Crippen molar-refractivity contribution >= 4 is 0 Å². The smallest absolute Gasteiger partial charge is 0.201 e. The van der Waals surface area contributed by atoms with E-state index in [2.05, 4.69) is 348 Å². The molecule has 0 fully saturated rings. The summed E-state index contributed by atoms with van der Waals surface area (Å²) in [6, 6.07) is 46.3. The van der Waals surface area contributed by atoms with Gasteiger partial charge in [0.2, 0.25) is 28.5 Å². The quantitative estimate of drug-likeness (QED) is 0.153. The number of hydrogen-bond donors (Lipinski definition) is 0. The molecule has 10 aromatic rings. The minimum atomic E-state index is 1.27. The van der Waals surface area contributed by atoms with Crippen LogP contribution in [-0.4, -0.2) is 0 Å². The molecule has 5 heterocycles. The van der Waals surface area contributed by atoms with Crippen molar-refractivity contribution in [3.8, 4) is 56.3 Å². The Hall–Kier alpha value is -8.15. The van der Waals surface area contributed by atoms with Gasteiger partial charge < -0.3 is 0 Å². The molecule has 5 aromatic carbocycles. The SMILES string of the molecule is Cc1cc(C)c(-c2cccc[n+]2C)cc1C.Cc1cc(C)c(C)c(-c2cc(C)c(C)c[n+]2C)c1.Cc1cc(C)c(C)c(-c2ccc(C)c[n+]2C)c1.Cc1cc(C)c(C)c(-c2cccc[n+]2C)c1.Cc1ccc(-c2cc(C)c(C)cc2C)[n+](C)c1. The van der Waals surface area contributed by atoms with Gasteiger partial charge in [-0.25, -0.2) is 22.8 Å². The predicted molar refractivity (Wildman–Crippen MR) is 355 cm³/mol. The summed E-state index contributed by atoms with van der Waals surface area (Å²) in [5, 5.41) is 0. The van der Waals surface area contributed by atoms with Gasteiger partial charge in [-0.05, 0) is 258 Å². The Kier molecular flexibility index (Phi) is 22.0. The van der Waals surface area contributed by atoms with E-state index in [1.54, 1.807) is 0 Å². The summed E-state index contributed by atoms with van der Waals surface area (Å²) in [6.07, 6.45) is 10.7. The van der Waals surface area contributed by atoms with Crippen LogP contribution in [0.3, 0.4) is 0 Å². The second-order valence-electron chi connectivity index (χ2n) is 24.2. The first-order chi connectivity index (χ1) is 39.6. The third kappa shape index (κ3) is 16.1. The summed E-state index contributed by atoms with van der Waals surface area (Å²) in [5.41, 5.74) is 38.6. The van der Waals surface area contributed by atoms with Gasteiger partial charge in [-0.2, -0.15) is 0 Å². The van der Waals surface area contributed by atoms with E-state index in [1.807, 2.05) is 0 Å². The van der Waals surface area contributed by atoms with Crippen molar-refractivity contribution < 1.29 is 22.8 Å². The van der Waals surface area contributed by atoms with Crippen molar-refractivity contribution in [1.29, 1.82) is 0 Å². The van der Waals surface area contributed by atoms with Gasteiger partial charge in [-0.3, -0.25) is 0 Å². The maximum Gasteiger partial charge on any atom is 0.212 e. The molecule has 5 aromatic heterocycles.